The molecule has 152 valence electrons. The number of carbonyl (C=O) groups is 2. The van der Waals surface area contributed by atoms with Gasteiger partial charge in [0.15, 0.2) is 0 Å². The molecule has 4 rings (SSSR count). The molecule has 7 nitrogen and oxygen atoms in total. The van der Waals surface area contributed by atoms with Crippen molar-refractivity contribution in [2.45, 2.75) is 25.0 Å². The highest BCUT2D eigenvalue weighted by molar-refractivity contribution is 7.99. The van der Waals surface area contributed by atoms with E-state index >= 15 is 0 Å². The first-order valence-electron chi connectivity index (χ1n) is 9.58. The van der Waals surface area contributed by atoms with E-state index in [2.05, 4.69) is 10.3 Å². The number of methoxy groups -OCH3 is 1. The zero-order valence-corrected chi connectivity index (χ0v) is 17.0. The summed E-state index contributed by atoms with van der Waals surface area (Å²) in [6, 6.07) is 10.5. The maximum atomic E-state index is 12.6. The molecule has 2 amide bonds. The van der Waals surface area contributed by atoms with Gasteiger partial charge in [0.1, 0.15) is 11.9 Å². The lowest BCUT2D eigenvalue weighted by Gasteiger charge is -2.18. The molecule has 2 atom stereocenters. The Balaban J connectivity index is 1.35. The van der Waals surface area contributed by atoms with Crippen LogP contribution in [0.25, 0.3) is 0 Å². The predicted octanol–water partition coefficient (Wildman–Crippen LogP) is 2.51. The maximum absolute atomic E-state index is 12.6. The molecule has 2 aromatic rings. The highest BCUT2D eigenvalue weighted by Gasteiger charge is 2.32. The van der Waals surface area contributed by atoms with Crippen molar-refractivity contribution in [2.24, 2.45) is 0 Å². The van der Waals surface area contributed by atoms with Crippen molar-refractivity contribution in [1.29, 1.82) is 0 Å². The fourth-order valence-electron chi connectivity index (χ4n) is 3.46. The van der Waals surface area contributed by atoms with E-state index in [0.29, 0.717) is 23.7 Å². The summed E-state index contributed by atoms with van der Waals surface area (Å²) in [4.78, 5) is 30.9. The van der Waals surface area contributed by atoms with Gasteiger partial charge in [-0.15, -0.1) is 0 Å². The third kappa shape index (κ3) is 4.64. The SMILES string of the molecule is COc1cccc(N2CC(NC(=O)c3ccc(OC4CCSC4)nc3)CC2=O)c1. The van der Waals surface area contributed by atoms with Crippen LogP contribution in [0, 0.1) is 0 Å². The molecule has 1 aromatic carbocycles. The summed E-state index contributed by atoms with van der Waals surface area (Å²) in [6.45, 7) is 0.422. The number of amides is 2. The molecule has 2 saturated heterocycles. The first-order chi connectivity index (χ1) is 14.1. The number of carbonyl (C=O) groups excluding carboxylic acids is 2. The fourth-order valence-corrected chi connectivity index (χ4v) is 4.56. The van der Waals surface area contributed by atoms with Gasteiger partial charge in [0.05, 0.1) is 18.7 Å². The predicted molar refractivity (Wildman–Crippen MR) is 112 cm³/mol. The molecule has 0 saturated carbocycles. The average molecular weight is 413 g/mol. The number of benzene rings is 1. The molecule has 0 radical (unpaired) electrons. The van der Waals surface area contributed by atoms with E-state index in [9.17, 15) is 9.59 Å². The molecule has 1 N–H and O–H groups in total. The van der Waals surface area contributed by atoms with Crippen LogP contribution >= 0.6 is 11.8 Å². The first kappa shape index (κ1) is 19.6. The van der Waals surface area contributed by atoms with Crippen molar-refractivity contribution in [3.63, 3.8) is 0 Å². The van der Waals surface area contributed by atoms with Gasteiger partial charge in [0.2, 0.25) is 11.8 Å². The third-order valence-electron chi connectivity index (χ3n) is 5.00. The van der Waals surface area contributed by atoms with Gasteiger partial charge in [-0.25, -0.2) is 4.98 Å². The Morgan fingerprint density at radius 2 is 2.21 bits per heavy atom. The van der Waals surface area contributed by atoms with Crippen LogP contribution in [0.15, 0.2) is 42.6 Å². The van der Waals surface area contributed by atoms with E-state index in [0.717, 1.165) is 23.6 Å². The van der Waals surface area contributed by atoms with Gasteiger partial charge in [-0.3, -0.25) is 9.59 Å². The molecular weight excluding hydrogens is 390 g/mol. The van der Waals surface area contributed by atoms with Crippen molar-refractivity contribution < 1.29 is 19.1 Å². The van der Waals surface area contributed by atoms with Gasteiger partial charge >= 0.3 is 0 Å². The van der Waals surface area contributed by atoms with E-state index in [1.807, 2.05) is 36.0 Å². The Labute approximate surface area is 173 Å². The Kier molecular flexibility index (Phi) is 5.89. The molecule has 0 aliphatic carbocycles. The Hall–Kier alpha value is -2.74. The summed E-state index contributed by atoms with van der Waals surface area (Å²) < 4.78 is 11.0. The molecule has 0 spiro atoms. The Morgan fingerprint density at radius 3 is 2.93 bits per heavy atom. The number of hydrogen-bond acceptors (Lipinski definition) is 6. The minimum Gasteiger partial charge on any atom is -0.497 e. The van der Waals surface area contributed by atoms with E-state index in [-0.39, 0.29) is 30.4 Å². The maximum Gasteiger partial charge on any atom is 0.253 e. The Bertz CT molecular complexity index is 884. The summed E-state index contributed by atoms with van der Waals surface area (Å²) >= 11 is 1.87. The smallest absolute Gasteiger partial charge is 0.253 e. The highest BCUT2D eigenvalue weighted by atomic mass is 32.2. The fraction of sp³-hybridized carbons (Fsp3) is 0.381. The summed E-state index contributed by atoms with van der Waals surface area (Å²) in [5, 5.41) is 2.93. The minimum absolute atomic E-state index is 0.0279. The molecule has 29 heavy (non-hydrogen) atoms. The quantitative estimate of drug-likeness (QED) is 0.784. The molecule has 2 fully saturated rings. The van der Waals surface area contributed by atoms with Crippen LogP contribution in [0.1, 0.15) is 23.2 Å². The number of nitrogens with one attached hydrogen (secondary N) is 1. The number of nitrogens with zero attached hydrogens (tertiary/aromatic N) is 2. The molecule has 2 aliphatic rings. The van der Waals surface area contributed by atoms with Crippen LogP contribution in [0.3, 0.4) is 0 Å². The summed E-state index contributed by atoms with van der Waals surface area (Å²) in [5.74, 6) is 3.04. The van der Waals surface area contributed by atoms with Crippen molar-refractivity contribution in [3.8, 4) is 11.6 Å². The van der Waals surface area contributed by atoms with Crippen LogP contribution in [0.5, 0.6) is 11.6 Å². The third-order valence-corrected chi connectivity index (χ3v) is 6.13. The second-order valence-corrected chi connectivity index (χ2v) is 8.22. The number of hydrogen-bond donors (Lipinski definition) is 1. The van der Waals surface area contributed by atoms with E-state index in [1.165, 1.54) is 6.20 Å². The van der Waals surface area contributed by atoms with Crippen LogP contribution in [0.2, 0.25) is 0 Å². The summed E-state index contributed by atoms with van der Waals surface area (Å²) in [6.07, 6.45) is 2.99. The molecule has 3 heterocycles. The van der Waals surface area contributed by atoms with Gasteiger partial charge < -0.3 is 19.7 Å². The molecular formula is C21H23N3O4S. The minimum atomic E-state index is -0.257. The molecule has 2 aliphatic heterocycles. The highest BCUT2D eigenvalue weighted by Crippen LogP contribution is 2.26. The van der Waals surface area contributed by atoms with Crippen LogP contribution in [-0.4, -0.2) is 54.1 Å². The van der Waals surface area contributed by atoms with E-state index in [1.54, 1.807) is 24.1 Å². The first-order valence-corrected chi connectivity index (χ1v) is 10.7. The van der Waals surface area contributed by atoms with E-state index in [4.69, 9.17) is 9.47 Å². The lowest BCUT2D eigenvalue weighted by Crippen LogP contribution is -2.37. The second-order valence-electron chi connectivity index (χ2n) is 7.07. The van der Waals surface area contributed by atoms with Crippen LogP contribution in [0.4, 0.5) is 5.69 Å². The number of ether oxygens (including phenoxy) is 2. The van der Waals surface area contributed by atoms with Gasteiger partial charge in [-0.05, 0) is 30.4 Å². The van der Waals surface area contributed by atoms with Crippen LogP contribution < -0.4 is 19.7 Å². The number of thioether (sulfide) groups is 1. The largest absolute Gasteiger partial charge is 0.497 e. The average Bonchev–Trinajstić information content (AvgIpc) is 3.38. The van der Waals surface area contributed by atoms with Gasteiger partial charge in [0.25, 0.3) is 5.91 Å². The van der Waals surface area contributed by atoms with Crippen molar-refractivity contribution in [3.05, 3.63) is 48.2 Å². The number of pyridine rings is 1. The van der Waals surface area contributed by atoms with Crippen LogP contribution in [-0.2, 0) is 4.79 Å². The normalized spacial score (nSPS) is 21.3. The topological polar surface area (TPSA) is 80.8 Å². The van der Waals surface area contributed by atoms with Crippen molar-refractivity contribution in [1.82, 2.24) is 10.3 Å². The second kappa shape index (κ2) is 8.73. The summed E-state index contributed by atoms with van der Waals surface area (Å²) in [5.41, 5.74) is 1.21. The molecule has 8 heteroatoms. The Morgan fingerprint density at radius 1 is 1.31 bits per heavy atom. The van der Waals surface area contributed by atoms with Gasteiger partial charge in [-0.1, -0.05) is 6.07 Å². The number of anilines is 1. The number of aromatic nitrogens is 1. The lowest BCUT2D eigenvalue weighted by atomic mass is 10.2. The van der Waals surface area contributed by atoms with Crippen molar-refractivity contribution >= 4 is 29.3 Å². The van der Waals surface area contributed by atoms with Crippen molar-refractivity contribution in [2.75, 3.05) is 30.1 Å². The monoisotopic (exact) mass is 413 g/mol. The summed E-state index contributed by atoms with van der Waals surface area (Å²) in [7, 11) is 1.59. The van der Waals surface area contributed by atoms with E-state index < -0.39 is 0 Å². The zero-order chi connectivity index (χ0) is 20.2. The zero-order valence-electron chi connectivity index (χ0n) is 16.2. The molecule has 0 bridgehead atoms. The standard InChI is InChI=1S/C21H23N3O4S/c1-27-17-4-2-3-16(10-17)24-12-15(9-20(24)25)23-21(26)14-5-6-19(22-11-14)28-18-7-8-29-13-18/h2-6,10-11,15,18H,7-9,12-13H2,1H3,(H,23,26). The number of rotatable bonds is 6. The molecule has 1 aromatic heterocycles. The van der Waals surface area contributed by atoms with Gasteiger partial charge in [-0.2, -0.15) is 11.8 Å². The van der Waals surface area contributed by atoms with Gasteiger partial charge in [0, 0.05) is 42.7 Å². The lowest BCUT2D eigenvalue weighted by molar-refractivity contribution is -0.117. The molecule has 2 unspecified atom stereocenters.